The molecule has 3 aromatic rings. The molecule has 6 nitrogen and oxygen atoms in total. The highest BCUT2D eigenvalue weighted by atomic mass is 32.1. The normalized spacial score (nSPS) is 11.1. The molecule has 0 saturated heterocycles. The number of para-hydroxylation sites is 1. The van der Waals surface area contributed by atoms with Crippen LogP contribution in [-0.4, -0.2) is 40.8 Å². The molecule has 0 aliphatic heterocycles. The Morgan fingerprint density at radius 1 is 1.11 bits per heavy atom. The number of benzene rings is 2. The summed E-state index contributed by atoms with van der Waals surface area (Å²) in [5.41, 5.74) is 3.01. The molecular formula is C21H25N5OS. The average Bonchev–Trinajstić information content (AvgIpc) is 3.09. The molecule has 1 N–H and O–H groups in total. The van der Waals surface area contributed by atoms with Crippen molar-refractivity contribution in [1.29, 1.82) is 0 Å². The van der Waals surface area contributed by atoms with Gasteiger partial charge >= 0.3 is 0 Å². The molecule has 0 aliphatic rings. The Hall–Kier alpha value is -2.93. The van der Waals surface area contributed by atoms with Crippen LogP contribution < -0.4 is 9.64 Å². The maximum atomic E-state index is 5.65. The molecule has 7 heteroatoms. The van der Waals surface area contributed by atoms with E-state index in [0.717, 1.165) is 30.0 Å². The van der Waals surface area contributed by atoms with Crippen LogP contribution in [0.15, 0.2) is 53.6 Å². The highest BCUT2D eigenvalue weighted by molar-refractivity contribution is 7.71. The third-order valence-electron chi connectivity index (χ3n) is 4.44. The molecule has 0 radical (unpaired) electrons. The summed E-state index contributed by atoms with van der Waals surface area (Å²) >= 11 is 5.37. The van der Waals surface area contributed by atoms with E-state index in [4.69, 9.17) is 17.0 Å². The van der Waals surface area contributed by atoms with Gasteiger partial charge in [-0.1, -0.05) is 12.1 Å². The number of hydrogen-bond donors (Lipinski definition) is 1. The Bertz CT molecular complexity index is 987. The number of hydrogen-bond acceptors (Lipinski definition) is 5. The number of aromatic amines is 1. The molecule has 0 aliphatic carbocycles. The van der Waals surface area contributed by atoms with E-state index >= 15 is 0 Å². The summed E-state index contributed by atoms with van der Waals surface area (Å²) in [5, 5.41) is 11.7. The smallest absolute Gasteiger partial charge is 0.216 e. The van der Waals surface area contributed by atoms with Gasteiger partial charge in [-0.25, -0.2) is 5.10 Å². The van der Waals surface area contributed by atoms with Crippen molar-refractivity contribution in [1.82, 2.24) is 14.9 Å². The fourth-order valence-electron chi connectivity index (χ4n) is 2.99. The van der Waals surface area contributed by atoms with Gasteiger partial charge in [-0.15, -0.1) is 0 Å². The van der Waals surface area contributed by atoms with Gasteiger partial charge in [-0.05, 0) is 69.4 Å². The quantitative estimate of drug-likeness (QED) is 0.442. The number of H-pyrrole nitrogens is 1. The lowest BCUT2D eigenvalue weighted by molar-refractivity contribution is 0.340. The molecule has 0 saturated carbocycles. The van der Waals surface area contributed by atoms with E-state index in [-0.39, 0.29) is 0 Å². The summed E-state index contributed by atoms with van der Waals surface area (Å²) in [6, 6.07) is 16.0. The van der Waals surface area contributed by atoms with Gasteiger partial charge in [0.2, 0.25) is 4.77 Å². The Morgan fingerprint density at radius 3 is 2.50 bits per heavy atom. The zero-order valence-electron chi connectivity index (χ0n) is 16.4. The van der Waals surface area contributed by atoms with Crippen molar-refractivity contribution in [3.63, 3.8) is 0 Å². The molecule has 0 spiro atoms. The largest absolute Gasteiger partial charge is 0.493 e. The summed E-state index contributed by atoms with van der Waals surface area (Å²) in [4.78, 5) is 2.30. The number of rotatable bonds is 8. The van der Waals surface area contributed by atoms with Crippen LogP contribution in [0.3, 0.4) is 0 Å². The van der Waals surface area contributed by atoms with Crippen LogP contribution in [0.25, 0.3) is 11.4 Å². The van der Waals surface area contributed by atoms with Gasteiger partial charge in [-0.2, -0.15) is 14.9 Å². The predicted molar refractivity (Wildman–Crippen MR) is 117 cm³/mol. The first-order valence-corrected chi connectivity index (χ1v) is 9.87. The highest BCUT2D eigenvalue weighted by Crippen LogP contribution is 2.22. The maximum absolute atomic E-state index is 5.65. The lowest BCUT2D eigenvalue weighted by Gasteiger charge is -2.21. The van der Waals surface area contributed by atoms with Gasteiger partial charge in [0, 0.05) is 29.9 Å². The van der Waals surface area contributed by atoms with E-state index < -0.39 is 0 Å². The van der Waals surface area contributed by atoms with Crippen LogP contribution in [0.5, 0.6) is 5.75 Å². The third kappa shape index (κ3) is 4.31. The molecule has 0 unspecified atom stereocenters. The van der Waals surface area contributed by atoms with Crippen LogP contribution >= 0.6 is 12.2 Å². The second-order valence-corrected chi connectivity index (χ2v) is 6.49. The Kier molecular flexibility index (Phi) is 6.60. The van der Waals surface area contributed by atoms with Gasteiger partial charge in [0.25, 0.3) is 0 Å². The number of nitrogens with zero attached hydrogens (tertiary/aromatic N) is 4. The Labute approximate surface area is 170 Å². The number of ether oxygens (including phenoxy) is 1. The van der Waals surface area contributed by atoms with Gasteiger partial charge in [-0.3, -0.25) is 0 Å². The van der Waals surface area contributed by atoms with Crippen molar-refractivity contribution in [2.24, 2.45) is 5.10 Å². The van der Waals surface area contributed by atoms with Crippen LogP contribution in [0.1, 0.15) is 26.3 Å². The van der Waals surface area contributed by atoms with Crippen LogP contribution in [0, 0.1) is 4.77 Å². The topological polar surface area (TPSA) is 58.4 Å². The van der Waals surface area contributed by atoms with Gasteiger partial charge in [0.1, 0.15) is 5.75 Å². The minimum Gasteiger partial charge on any atom is -0.493 e. The second-order valence-electron chi connectivity index (χ2n) is 6.10. The van der Waals surface area contributed by atoms with Crippen LogP contribution in [0.4, 0.5) is 5.69 Å². The summed E-state index contributed by atoms with van der Waals surface area (Å²) in [5.74, 6) is 1.45. The summed E-state index contributed by atoms with van der Waals surface area (Å²) in [6.45, 7) is 8.80. The standard InChI is InChI=1S/C21H25N5OS/c1-4-25(5-2)18-13-11-16(12-14-18)20-23-24-21(28)26(20)22-15-17-9-7-8-10-19(17)27-6-3/h7-15H,4-6H2,1-3H3,(H,24,28). The fourth-order valence-corrected chi connectivity index (χ4v) is 3.17. The number of nitrogens with one attached hydrogen (secondary N) is 1. The zero-order valence-corrected chi connectivity index (χ0v) is 17.2. The SMILES string of the molecule is CCOc1ccccc1C=Nn1c(-c2ccc(N(CC)CC)cc2)n[nH]c1=S. The van der Waals surface area contributed by atoms with Crippen molar-refractivity contribution in [3.05, 3.63) is 58.9 Å². The first kappa shape index (κ1) is 19.8. The molecule has 1 heterocycles. The Balaban J connectivity index is 1.92. The van der Waals surface area contributed by atoms with Crippen LogP contribution in [0.2, 0.25) is 0 Å². The van der Waals surface area contributed by atoms with E-state index in [1.54, 1.807) is 10.9 Å². The highest BCUT2D eigenvalue weighted by Gasteiger charge is 2.10. The van der Waals surface area contributed by atoms with E-state index in [1.165, 1.54) is 5.69 Å². The molecule has 0 atom stereocenters. The van der Waals surface area contributed by atoms with E-state index in [1.807, 2.05) is 43.3 Å². The first-order chi connectivity index (χ1) is 13.7. The molecule has 28 heavy (non-hydrogen) atoms. The predicted octanol–water partition coefficient (Wildman–Crippen LogP) is 4.73. The zero-order chi connectivity index (χ0) is 19.9. The Morgan fingerprint density at radius 2 is 1.82 bits per heavy atom. The van der Waals surface area contributed by atoms with Crippen molar-refractivity contribution in [3.8, 4) is 17.1 Å². The number of aromatic nitrogens is 3. The summed E-state index contributed by atoms with van der Waals surface area (Å²) in [6.07, 6.45) is 1.74. The van der Waals surface area contributed by atoms with Crippen molar-refractivity contribution in [2.75, 3.05) is 24.6 Å². The fraction of sp³-hybridized carbons (Fsp3) is 0.286. The molecular weight excluding hydrogens is 370 g/mol. The summed E-state index contributed by atoms with van der Waals surface area (Å²) < 4.78 is 7.72. The van der Waals surface area contributed by atoms with Gasteiger partial charge < -0.3 is 9.64 Å². The maximum Gasteiger partial charge on any atom is 0.216 e. The molecule has 0 bridgehead atoms. The molecule has 146 valence electrons. The van der Waals surface area contributed by atoms with Crippen molar-refractivity contribution < 1.29 is 4.74 Å². The van der Waals surface area contributed by atoms with Crippen molar-refractivity contribution in [2.45, 2.75) is 20.8 Å². The lowest BCUT2D eigenvalue weighted by atomic mass is 10.2. The first-order valence-electron chi connectivity index (χ1n) is 9.46. The minimum atomic E-state index is 0.438. The third-order valence-corrected chi connectivity index (χ3v) is 4.70. The monoisotopic (exact) mass is 395 g/mol. The van der Waals surface area contributed by atoms with Gasteiger partial charge in [0.05, 0.1) is 12.8 Å². The molecule has 0 fully saturated rings. The minimum absolute atomic E-state index is 0.438. The van der Waals surface area contributed by atoms with E-state index in [9.17, 15) is 0 Å². The second kappa shape index (κ2) is 9.32. The molecule has 1 aromatic heterocycles. The van der Waals surface area contributed by atoms with E-state index in [0.29, 0.717) is 17.2 Å². The van der Waals surface area contributed by atoms with Crippen molar-refractivity contribution >= 4 is 24.1 Å². The average molecular weight is 396 g/mol. The van der Waals surface area contributed by atoms with Gasteiger partial charge in [0.15, 0.2) is 5.82 Å². The molecule has 3 rings (SSSR count). The molecule has 0 amide bonds. The summed E-state index contributed by atoms with van der Waals surface area (Å²) in [7, 11) is 0. The molecule has 2 aromatic carbocycles. The van der Waals surface area contributed by atoms with E-state index in [2.05, 4.69) is 46.2 Å². The number of anilines is 1. The van der Waals surface area contributed by atoms with Crippen LogP contribution in [-0.2, 0) is 0 Å². The lowest BCUT2D eigenvalue weighted by Crippen LogP contribution is -2.21.